The molecule has 0 aliphatic rings. The lowest BCUT2D eigenvalue weighted by Crippen LogP contribution is -1.96. The normalized spacial score (nSPS) is 11.3. The van der Waals surface area contributed by atoms with Gasteiger partial charge in [0, 0.05) is 12.1 Å². The Morgan fingerprint density at radius 1 is 1.29 bits per heavy atom. The minimum absolute atomic E-state index is 0.544. The molecule has 0 fully saturated rings. The number of benzene rings is 1. The first-order valence-electron chi connectivity index (χ1n) is 6.56. The summed E-state index contributed by atoms with van der Waals surface area (Å²) >= 11 is 1.57. The smallest absolute Gasteiger partial charge is 0.268 e. The van der Waals surface area contributed by atoms with Crippen LogP contribution in [0, 0.1) is 0 Å². The van der Waals surface area contributed by atoms with E-state index in [0.717, 1.165) is 28.0 Å². The molecule has 0 saturated heterocycles. The quantitative estimate of drug-likeness (QED) is 0.580. The first-order valence-corrected chi connectivity index (χ1v) is 7.44. The number of thiophene rings is 1. The maximum Gasteiger partial charge on any atom is 0.268 e. The molecule has 104 valence electrons. The van der Waals surface area contributed by atoms with Crippen molar-refractivity contribution >= 4 is 22.4 Å². The van der Waals surface area contributed by atoms with Gasteiger partial charge in [0.25, 0.3) is 5.89 Å². The van der Waals surface area contributed by atoms with E-state index >= 15 is 0 Å². The van der Waals surface area contributed by atoms with E-state index in [1.165, 1.54) is 0 Å². The van der Waals surface area contributed by atoms with Gasteiger partial charge in [-0.3, -0.25) is 0 Å². The second-order valence-electron chi connectivity index (χ2n) is 4.51. The van der Waals surface area contributed by atoms with Crippen molar-refractivity contribution in [3.63, 3.8) is 0 Å². The Bertz CT molecular complexity index is 893. The second kappa shape index (κ2) is 4.78. The SMILES string of the molecule is CCn1nnc2ccc(-c3noc(-c4cccs4)n3)cc21. The molecule has 6 nitrogen and oxygen atoms in total. The van der Waals surface area contributed by atoms with Crippen LogP contribution in [0.4, 0.5) is 0 Å². The maximum absolute atomic E-state index is 5.32. The summed E-state index contributed by atoms with van der Waals surface area (Å²) in [5.41, 5.74) is 2.73. The Labute approximate surface area is 124 Å². The van der Waals surface area contributed by atoms with Crippen molar-refractivity contribution in [1.29, 1.82) is 0 Å². The minimum atomic E-state index is 0.544. The van der Waals surface area contributed by atoms with E-state index in [1.807, 2.05) is 47.3 Å². The molecular formula is C14H11N5OS. The van der Waals surface area contributed by atoms with Gasteiger partial charge in [0.2, 0.25) is 5.82 Å². The number of fused-ring (bicyclic) bond motifs is 1. The van der Waals surface area contributed by atoms with Gasteiger partial charge in [0.15, 0.2) is 0 Å². The van der Waals surface area contributed by atoms with Crippen molar-refractivity contribution in [3.05, 3.63) is 35.7 Å². The molecule has 0 unspecified atom stereocenters. The molecule has 1 aromatic carbocycles. The average Bonchev–Trinajstić information content (AvgIpc) is 3.25. The van der Waals surface area contributed by atoms with Crippen LogP contribution in [0.1, 0.15) is 6.92 Å². The van der Waals surface area contributed by atoms with Gasteiger partial charge in [0.1, 0.15) is 5.52 Å². The Morgan fingerprint density at radius 2 is 2.24 bits per heavy atom. The van der Waals surface area contributed by atoms with Gasteiger partial charge in [-0.1, -0.05) is 16.4 Å². The van der Waals surface area contributed by atoms with Gasteiger partial charge in [-0.2, -0.15) is 4.98 Å². The number of hydrogen-bond acceptors (Lipinski definition) is 6. The zero-order chi connectivity index (χ0) is 14.2. The topological polar surface area (TPSA) is 69.6 Å². The molecule has 0 N–H and O–H groups in total. The monoisotopic (exact) mass is 297 g/mol. The highest BCUT2D eigenvalue weighted by Crippen LogP contribution is 2.26. The van der Waals surface area contributed by atoms with Crippen LogP contribution in [0.5, 0.6) is 0 Å². The van der Waals surface area contributed by atoms with Crippen molar-refractivity contribution in [2.45, 2.75) is 13.5 Å². The molecule has 0 saturated carbocycles. The Morgan fingerprint density at radius 3 is 3.05 bits per heavy atom. The number of aryl methyl sites for hydroxylation is 1. The van der Waals surface area contributed by atoms with Gasteiger partial charge < -0.3 is 4.52 Å². The molecule has 0 radical (unpaired) electrons. The predicted octanol–water partition coefficient (Wildman–Crippen LogP) is 3.23. The fourth-order valence-corrected chi connectivity index (χ4v) is 2.82. The van der Waals surface area contributed by atoms with E-state index in [-0.39, 0.29) is 0 Å². The zero-order valence-electron chi connectivity index (χ0n) is 11.2. The molecule has 0 amide bonds. The highest BCUT2D eigenvalue weighted by molar-refractivity contribution is 7.13. The molecule has 3 heterocycles. The molecule has 4 rings (SSSR count). The highest BCUT2D eigenvalue weighted by Gasteiger charge is 2.13. The maximum atomic E-state index is 5.32. The largest absolute Gasteiger partial charge is 0.333 e. The second-order valence-corrected chi connectivity index (χ2v) is 5.46. The van der Waals surface area contributed by atoms with Crippen molar-refractivity contribution in [2.75, 3.05) is 0 Å². The van der Waals surface area contributed by atoms with Gasteiger partial charge >= 0.3 is 0 Å². The van der Waals surface area contributed by atoms with E-state index in [2.05, 4.69) is 20.5 Å². The van der Waals surface area contributed by atoms with E-state index in [1.54, 1.807) is 11.3 Å². The number of nitrogens with zero attached hydrogens (tertiary/aromatic N) is 5. The lowest BCUT2D eigenvalue weighted by molar-refractivity contribution is 0.433. The van der Waals surface area contributed by atoms with Crippen LogP contribution in [0.2, 0.25) is 0 Å². The van der Waals surface area contributed by atoms with Crippen LogP contribution in [0.25, 0.3) is 33.2 Å². The van der Waals surface area contributed by atoms with Crippen molar-refractivity contribution in [2.24, 2.45) is 0 Å². The molecule has 0 bridgehead atoms. The molecule has 3 aromatic heterocycles. The van der Waals surface area contributed by atoms with Crippen LogP contribution in [0.15, 0.2) is 40.2 Å². The lowest BCUT2D eigenvalue weighted by atomic mass is 10.2. The van der Waals surface area contributed by atoms with Crippen LogP contribution in [0.3, 0.4) is 0 Å². The van der Waals surface area contributed by atoms with E-state index in [4.69, 9.17) is 4.52 Å². The number of hydrogen-bond donors (Lipinski definition) is 0. The van der Waals surface area contributed by atoms with Gasteiger partial charge in [-0.25, -0.2) is 4.68 Å². The molecule has 7 heteroatoms. The molecule has 4 aromatic rings. The lowest BCUT2D eigenvalue weighted by Gasteiger charge is -1.98. The summed E-state index contributed by atoms with van der Waals surface area (Å²) in [7, 11) is 0. The summed E-state index contributed by atoms with van der Waals surface area (Å²) < 4.78 is 7.17. The minimum Gasteiger partial charge on any atom is -0.333 e. The molecule has 0 aliphatic heterocycles. The molecule has 21 heavy (non-hydrogen) atoms. The van der Waals surface area contributed by atoms with Crippen LogP contribution < -0.4 is 0 Å². The molecule has 0 atom stereocenters. The molecule has 0 spiro atoms. The standard InChI is InChI=1S/C14H11N5OS/c1-2-19-11-8-9(5-6-10(11)16-18-19)13-15-14(20-17-13)12-4-3-7-21-12/h3-8H,2H2,1H3. The first kappa shape index (κ1) is 12.2. The fourth-order valence-electron chi connectivity index (χ4n) is 2.18. The Balaban J connectivity index is 1.79. The van der Waals surface area contributed by atoms with Crippen LogP contribution >= 0.6 is 11.3 Å². The summed E-state index contributed by atoms with van der Waals surface area (Å²) in [5, 5.41) is 14.3. The molecule has 0 aliphatic carbocycles. The summed E-state index contributed by atoms with van der Waals surface area (Å²) in [6.45, 7) is 2.80. The number of rotatable bonds is 3. The van der Waals surface area contributed by atoms with E-state index in [0.29, 0.717) is 11.7 Å². The van der Waals surface area contributed by atoms with E-state index < -0.39 is 0 Å². The average molecular weight is 297 g/mol. The summed E-state index contributed by atoms with van der Waals surface area (Å²) in [6, 6.07) is 9.76. The van der Waals surface area contributed by atoms with Crippen LogP contribution in [-0.4, -0.2) is 25.1 Å². The van der Waals surface area contributed by atoms with Gasteiger partial charge in [-0.15, -0.1) is 16.4 Å². The zero-order valence-corrected chi connectivity index (χ0v) is 12.0. The molecular weight excluding hydrogens is 286 g/mol. The van der Waals surface area contributed by atoms with Crippen LogP contribution in [-0.2, 0) is 6.54 Å². The van der Waals surface area contributed by atoms with Gasteiger partial charge in [-0.05, 0) is 36.6 Å². The van der Waals surface area contributed by atoms with Gasteiger partial charge in [0.05, 0.1) is 10.4 Å². The Kier molecular flexibility index (Phi) is 2.78. The Hall–Kier alpha value is -2.54. The predicted molar refractivity (Wildman–Crippen MR) is 79.8 cm³/mol. The van der Waals surface area contributed by atoms with Crippen molar-refractivity contribution in [1.82, 2.24) is 25.1 Å². The third kappa shape index (κ3) is 2.02. The third-order valence-corrected chi connectivity index (χ3v) is 4.09. The van der Waals surface area contributed by atoms with E-state index in [9.17, 15) is 0 Å². The highest BCUT2D eigenvalue weighted by atomic mass is 32.1. The van der Waals surface area contributed by atoms with Crippen molar-refractivity contribution < 1.29 is 4.52 Å². The summed E-state index contributed by atoms with van der Waals surface area (Å²) in [6.07, 6.45) is 0. The van der Waals surface area contributed by atoms with Crippen molar-refractivity contribution in [3.8, 4) is 22.2 Å². The first-order chi connectivity index (χ1) is 10.3. The summed E-state index contributed by atoms with van der Waals surface area (Å²) in [4.78, 5) is 5.42. The summed E-state index contributed by atoms with van der Waals surface area (Å²) in [5.74, 6) is 1.12. The fraction of sp³-hybridized carbons (Fsp3) is 0.143. The third-order valence-electron chi connectivity index (χ3n) is 3.23. The number of aromatic nitrogens is 5.